The van der Waals surface area contributed by atoms with Crippen molar-refractivity contribution in [2.24, 2.45) is 0 Å². The molecule has 6 nitrogen and oxygen atoms in total. The maximum Gasteiger partial charge on any atom is 0.344 e. The van der Waals surface area contributed by atoms with Gasteiger partial charge in [0.25, 0.3) is 5.91 Å². The van der Waals surface area contributed by atoms with Crippen LogP contribution in [0.2, 0.25) is 0 Å². The number of para-hydroxylation sites is 1. The third-order valence-electron chi connectivity index (χ3n) is 3.85. The lowest BCUT2D eigenvalue weighted by Crippen LogP contribution is -2.35. The summed E-state index contributed by atoms with van der Waals surface area (Å²) < 4.78 is 10.4. The molecule has 0 fully saturated rings. The molecular weight excluding hydrogens is 332 g/mol. The van der Waals surface area contributed by atoms with Crippen molar-refractivity contribution in [2.45, 2.75) is 13.8 Å². The summed E-state index contributed by atoms with van der Waals surface area (Å²) >= 11 is 0. The second-order valence-corrected chi connectivity index (χ2v) is 5.62. The Kier molecular flexibility index (Phi) is 6.75. The summed E-state index contributed by atoms with van der Waals surface area (Å²) in [6, 6.07) is 16.2. The summed E-state index contributed by atoms with van der Waals surface area (Å²) in [5.41, 5.74) is 2.57. The van der Waals surface area contributed by atoms with Gasteiger partial charge in [0, 0.05) is 5.69 Å². The van der Waals surface area contributed by atoms with Crippen LogP contribution in [0.1, 0.15) is 11.1 Å². The van der Waals surface area contributed by atoms with E-state index in [4.69, 9.17) is 14.7 Å². The third-order valence-corrected chi connectivity index (χ3v) is 3.85. The lowest BCUT2D eigenvalue weighted by atomic mass is 10.1. The van der Waals surface area contributed by atoms with E-state index < -0.39 is 18.5 Å². The fourth-order valence-electron chi connectivity index (χ4n) is 2.28. The van der Waals surface area contributed by atoms with Gasteiger partial charge in [0.1, 0.15) is 12.3 Å². The van der Waals surface area contributed by atoms with Crippen molar-refractivity contribution in [3.8, 4) is 11.8 Å². The largest absolute Gasteiger partial charge is 0.482 e. The Balaban J connectivity index is 1.88. The summed E-state index contributed by atoms with van der Waals surface area (Å²) in [5.74, 6) is -0.522. The number of carbonyl (C=O) groups excluding carboxylic acids is 2. The van der Waals surface area contributed by atoms with E-state index >= 15 is 0 Å². The number of rotatable bonds is 7. The first-order valence-electron chi connectivity index (χ1n) is 8.10. The Morgan fingerprint density at radius 2 is 1.77 bits per heavy atom. The van der Waals surface area contributed by atoms with Crippen LogP contribution in [0.15, 0.2) is 48.5 Å². The predicted octanol–water partition coefficient (Wildman–Crippen LogP) is 2.78. The number of aryl methyl sites for hydroxylation is 1. The maximum absolute atomic E-state index is 12.3. The van der Waals surface area contributed by atoms with E-state index in [9.17, 15) is 9.59 Å². The minimum absolute atomic E-state index is 0.126. The molecular formula is C20H20N2O4. The van der Waals surface area contributed by atoms with Crippen molar-refractivity contribution in [1.29, 1.82) is 5.26 Å². The Labute approximate surface area is 152 Å². The average molecular weight is 352 g/mol. The van der Waals surface area contributed by atoms with E-state index in [0.717, 1.165) is 11.1 Å². The van der Waals surface area contributed by atoms with Gasteiger partial charge in [0.2, 0.25) is 0 Å². The molecule has 0 N–H and O–H groups in total. The van der Waals surface area contributed by atoms with Crippen LogP contribution < -0.4 is 9.64 Å². The monoisotopic (exact) mass is 352 g/mol. The van der Waals surface area contributed by atoms with Crippen LogP contribution in [0.25, 0.3) is 0 Å². The summed E-state index contributed by atoms with van der Waals surface area (Å²) in [4.78, 5) is 25.4. The lowest BCUT2D eigenvalue weighted by Gasteiger charge is -2.19. The highest BCUT2D eigenvalue weighted by molar-refractivity contribution is 5.95. The average Bonchev–Trinajstić information content (AvgIpc) is 2.66. The molecule has 0 atom stereocenters. The van der Waals surface area contributed by atoms with Crippen LogP contribution in [0.3, 0.4) is 0 Å². The second-order valence-electron chi connectivity index (χ2n) is 5.62. The van der Waals surface area contributed by atoms with Gasteiger partial charge < -0.3 is 9.47 Å². The zero-order valence-corrected chi connectivity index (χ0v) is 14.8. The molecule has 0 aliphatic rings. The van der Waals surface area contributed by atoms with Gasteiger partial charge in [0.15, 0.2) is 13.2 Å². The zero-order valence-electron chi connectivity index (χ0n) is 14.8. The normalized spacial score (nSPS) is 9.88. The molecule has 134 valence electrons. The molecule has 2 aromatic rings. The first kappa shape index (κ1) is 19.0. The molecule has 0 aromatic heterocycles. The Morgan fingerprint density at radius 1 is 1.04 bits per heavy atom. The third kappa shape index (κ3) is 5.08. The van der Waals surface area contributed by atoms with Crippen LogP contribution >= 0.6 is 0 Å². The minimum Gasteiger partial charge on any atom is -0.482 e. The SMILES string of the molecule is Cc1cccc(OCC(=O)OCC(=O)N(CC#N)c2ccccc2)c1C. The lowest BCUT2D eigenvalue weighted by molar-refractivity contribution is -0.149. The van der Waals surface area contributed by atoms with Gasteiger partial charge in [-0.25, -0.2) is 4.79 Å². The summed E-state index contributed by atoms with van der Waals surface area (Å²) in [5, 5.41) is 8.91. The van der Waals surface area contributed by atoms with Crippen molar-refractivity contribution in [1.82, 2.24) is 0 Å². The molecule has 6 heteroatoms. The van der Waals surface area contributed by atoms with Crippen LogP contribution in [-0.2, 0) is 14.3 Å². The molecule has 0 radical (unpaired) electrons. The molecule has 2 aromatic carbocycles. The zero-order chi connectivity index (χ0) is 18.9. The first-order chi connectivity index (χ1) is 12.5. The van der Waals surface area contributed by atoms with Gasteiger partial charge >= 0.3 is 5.97 Å². The summed E-state index contributed by atoms with van der Waals surface area (Å²) in [6.45, 7) is 2.98. The highest BCUT2D eigenvalue weighted by Gasteiger charge is 2.17. The maximum atomic E-state index is 12.3. The number of anilines is 1. The van der Waals surface area contributed by atoms with Crippen molar-refractivity contribution in [3.63, 3.8) is 0 Å². The van der Waals surface area contributed by atoms with E-state index in [1.54, 1.807) is 30.3 Å². The van der Waals surface area contributed by atoms with Crippen LogP contribution in [-0.4, -0.2) is 31.6 Å². The van der Waals surface area contributed by atoms with E-state index in [-0.39, 0.29) is 13.2 Å². The number of hydrogen-bond donors (Lipinski definition) is 0. The molecule has 0 aliphatic heterocycles. The molecule has 0 saturated heterocycles. The summed E-state index contributed by atoms with van der Waals surface area (Å²) in [7, 11) is 0. The predicted molar refractivity (Wildman–Crippen MR) is 96.8 cm³/mol. The molecule has 0 saturated carbocycles. The van der Waals surface area contributed by atoms with Gasteiger partial charge in [-0.3, -0.25) is 9.69 Å². The van der Waals surface area contributed by atoms with E-state index in [1.165, 1.54) is 4.90 Å². The molecule has 0 spiro atoms. The van der Waals surface area contributed by atoms with Gasteiger partial charge in [-0.05, 0) is 43.2 Å². The molecule has 0 heterocycles. The number of carbonyl (C=O) groups is 2. The van der Waals surface area contributed by atoms with E-state index in [2.05, 4.69) is 0 Å². The second kappa shape index (κ2) is 9.23. The Bertz CT molecular complexity index is 812. The number of amides is 1. The number of nitriles is 1. The standard InChI is InChI=1S/C20H20N2O4/c1-15-7-6-10-18(16(15)2)25-14-20(24)26-13-19(23)22(12-11-21)17-8-4-3-5-9-17/h3-10H,12-14H2,1-2H3. The number of nitrogens with zero attached hydrogens (tertiary/aromatic N) is 2. The Hall–Kier alpha value is -3.33. The van der Waals surface area contributed by atoms with Gasteiger partial charge in [-0.2, -0.15) is 5.26 Å². The van der Waals surface area contributed by atoms with Crippen molar-refractivity contribution >= 4 is 17.6 Å². The summed E-state index contributed by atoms with van der Waals surface area (Å²) in [6.07, 6.45) is 0. The molecule has 0 unspecified atom stereocenters. The smallest absolute Gasteiger partial charge is 0.344 e. The topological polar surface area (TPSA) is 79.6 Å². The molecule has 0 aliphatic carbocycles. The number of benzene rings is 2. The van der Waals surface area contributed by atoms with Crippen molar-refractivity contribution < 1.29 is 19.1 Å². The van der Waals surface area contributed by atoms with Gasteiger partial charge in [-0.1, -0.05) is 30.3 Å². The number of esters is 1. The number of hydrogen-bond acceptors (Lipinski definition) is 5. The molecule has 2 rings (SSSR count). The highest BCUT2D eigenvalue weighted by Crippen LogP contribution is 2.20. The van der Waals surface area contributed by atoms with Crippen LogP contribution in [0.5, 0.6) is 5.75 Å². The fraction of sp³-hybridized carbons (Fsp3) is 0.250. The van der Waals surface area contributed by atoms with Gasteiger partial charge in [-0.15, -0.1) is 0 Å². The van der Waals surface area contributed by atoms with Crippen LogP contribution in [0, 0.1) is 25.2 Å². The first-order valence-corrected chi connectivity index (χ1v) is 8.10. The quantitative estimate of drug-likeness (QED) is 0.565. The Morgan fingerprint density at radius 3 is 2.46 bits per heavy atom. The fourth-order valence-corrected chi connectivity index (χ4v) is 2.28. The van der Waals surface area contributed by atoms with Gasteiger partial charge in [0.05, 0.1) is 6.07 Å². The van der Waals surface area contributed by atoms with E-state index in [1.807, 2.05) is 38.1 Å². The minimum atomic E-state index is -0.649. The van der Waals surface area contributed by atoms with E-state index in [0.29, 0.717) is 11.4 Å². The van der Waals surface area contributed by atoms with Crippen molar-refractivity contribution in [2.75, 3.05) is 24.7 Å². The van der Waals surface area contributed by atoms with Crippen molar-refractivity contribution in [3.05, 3.63) is 59.7 Å². The molecule has 26 heavy (non-hydrogen) atoms. The molecule has 1 amide bonds. The molecule has 0 bridgehead atoms. The van der Waals surface area contributed by atoms with Crippen LogP contribution in [0.4, 0.5) is 5.69 Å². The number of ether oxygens (including phenoxy) is 2. The highest BCUT2D eigenvalue weighted by atomic mass is 16.6.